The summed E-state index contributed by atoms with van der Waals surface area (Å²) in [6.45, 7) is 4.13. The fourth-order valence-electron chi connectivity index (χ4n) is 2.83. The lowest BCUT2D eigenvalue weighted by Gasteiger charge is -2.15. The molecule has 1 aromatic heterocycles. The van der Waals surface area contributed by atoms with Crippen molar-refractivity contribution in [1.29, 1.82) is 0 Å². The van der Waals surface area contributed by atoms with Gasteiger partial charge in [-0.2, -0.15) is 4.98 Å². The van der Waals surface area contributed by atoms with Crippen LogP contribution in [0, 0.1) is 13.8 Å². The van der Waals surface area contributed by atoms with E-state index in [9.17, 15) is 0 Å². The van der Waals surface area contributed by atoms with Gasteiger partial charge in [-0.3, -0.25) is 0 Å². The van der Waals surface area contributed by atoms with Crippen molar-refractivity contribution in [2.75, 3.05) is 10.6 Å². The number of rotatable bonds is 5. The molecule has 0 unspecified atom stereocenters. The Morgan fingerprint density at radius 3 is 2.30 bits per heavy atom. The van der Waals surface area contributed by atoms with Crippen molar-refractivity contribution in [3.63, 3.8) is 0 Å². The summed E-state index contributed by atoms with van der Waals surface area (Å²) < 4.78 is 0. The first-order chi connectivity index (χ1) is 11.1. The number of aryl methyl sites for hydroxylation is 2. The van der Waals surface area contributed by atoms with E-state index >= 15 is 0 Å². The molecule has 1 heterocycles. The minimum absolute atomic E-state index is 0.552. The van der Waals surface area contributed by atoms with E-state index in [1.165, 1.54) is 25.7 Å². The smallest absolute Gasteiger partial charge is 0.225 e. The fourth-order valence-corrected chi connectivity index (χ4v) is 3.16. The van der Waals surface area contributed by atoms with Crippen molar-refractivity contribution >= 4 is 29.1 Å². The number of anilines is 3. The summed E-state index contributed by atoms with van der Waals surface area (Å²) in [5.41, 5.74) is 4.47. The normalized spacial score (nSPS) is 17.2. The van der Waals surface area contributed by atoms with Gasteiger partial charge in [-0.05, 0) is 62.8 Å². The van der Waals surface area contributed by atoms with Crippen LogP contribution in [0.3, 0.4) is 0 Å². The van der Waals surface area contributed by atoms with Crippen LogP contribution in [-0.4, -0.2) is 16.0 Å². The molecule has 1 aromatic carbocycles. The maximum Gasteiger partial charge on any atom is 0.225 e. The number of halogens is 1. The minimum Gasteiger partial charge on any atom is -0.351 e. The zero-order valence-corrected chi connectivity index (χ0v) is 14.2. The molecule has 2 N–H and O–H groups in total. The average Bonchev–Trinajstić information content (AvgIpc) is 3.34. The van der Waals surface area contributed by atoms with Crippen LogP contribution >= 0.6 is 11.6 Å². The third kappa shape index (κ3) is 3.42. The zero-order chi connectivity index (χ0) is 16.0. The Bertz CT molecular complexity index is 728. The van der Waals surface area contributed by atoms with E-state index in [2.05, 4.69) is 35.5 Å². The molecular weight excluding hydrogens is 308 g/mol. The summed E-state index contributed by atoms with van der Waals surface area (Å²) in [4.78, 5) is 9.35. The summed E-state index contributed by atoms with van der Waals surface area (Å²) in [6, 6.07) is 6.59. The molecule has 4 nitrogen and oxygen atoms in total. The highest BCUT2D eigenvalue weighted by atomic mass is 35.5. The molecule has 0 bridgehead atoms. The molecule has 0 spiro atoms. The van der Waals surface area contributed by atoms with Crippen LogP contribution in [0.15, 0.2) is 18.2 Å². The number of hydrogen-bond acceptors (Lipinski definition) is 4. The molecule has 0 radical (unpaired) electrons. The van der Waals surface area contributed by atoms with E-state index in [4.69, 9.17) is 16.6 Å². The van der Waals surface area contributed by atoms with E-state index in [1.807, 2.05) is 12.1 Å². The van der Waals surface area contributed by atoms with Gasteiger partial charge in [-0.25, -0.2) is 4.98 Å². The topological polar surface area (TPSA) is 49.8 Å². The van der Waals surface area contributed by atoms with Gasteiger partial charge in [0.2, 0.25) is 5.95 Å². The Labute approximate surface area is 141 Å². The van der Waals surface area contributed by atoms with Crippen molar-refractivity contribution in [3.05, 3.63) is 40.0 Å². The first kappa shape index (κ1) is 14.8. The van der Waals surface area contributed by atoms with Crippen LogP contribution in [0.5, 0.6) is 0 Å². The zero-order valence-electron chi connectivity index (χ0n) is 13.5. The molecule has 0 amide bonds. The minimum atomic E-state index is 0.552. The number of benzene rings is 1. The standard InChI is InChI=1S/C18H21ClN4/c1-10-7-13(19)8-11(2)17(10)22-16-9-15(12-3-4-12)21-18(23-16)20-14-5-6-14/h7-9,12,14H,3-6H2,1-2H3,(H2,20,21,22,23). The first-order valence-electron chi connectivity index (χ1n) is 8.28. The summed E-state index contributed by atoms with van der Waals surface area (Å²) in [7, 11) is 0. The summed E-state index contributed by atoms with van der Waals surface area (Å²) in [5.74, 6) is 2.22. The van der Waals surface area contributed by atoms with Crippen molar-refractivity contribution in [2.45, 2.75) is 51.5 Å². The Balaban J connectivity index is 1.66. The van der Waals surface area contributed by atoms with Gasteiger partial charge in [0.1, 0.15) is 5.82 Å². The molecule has 120 valence electrons. The third-order valence-corrected chi connectivity index (χ3v) is 4.62. The van der Waals surface area contributed by atoms with Crippen LogP contribution in [0.4, 0.5) is 17.5 Å². The highest BCUT2D eigenvalue weighted by molar-refractivity contribution is 6.30. The van der Waals surface area contributed by atoms with Crippen LogP contribution in [-0.2, 0) is 0 Å². The molecule has 2 aliphatic carbocycles. The van der Waals surface area contributed by atoms with E-state index in [0.29, 0.717) is 12.0 Å². The van der Waals surface area contributed by atoms with Gasteiger partial charge in [0, 0.05) is 28.7 Å². The highest BCUT2D eigenvalue weighted by Gasteiger charge is 2.28. The highest BCUT2D eigenvalue weighted by Crippen LogP contribution is 2.40. The lowest BCUT2D eigenvalue weighted by atomic mass is 10.1. The summed E-state index contributed by atoms with van der Waals surface area (Å²) in [6.07, 6.45) is 4.90. The number of aromatic nitrogens is 2. The summed E-state index contributed by atoms with van der Waals surface area (Å²) >= 11 is 6.13. The van der Waals surface area contributed by atoms with Crippen molar-refractivity contribution < 1.29 is 0 Å². The molecule has 5 heteroatoms. The average molecular weight is 329 g/mol. The van der Waals surface area contributed by atoms with E-state index in [0.717, 1.165) is 39.3 Å². The largest absolute Gasteiger partial charge is 0.351 e. The van der Waals surface area contributed by atoms with E-state index < -0.39 is 0 Å². The van der Waals surface area contributed by atoms with Crippen LogP contribution in [0.2, 0.25) is 5.02 Å². The fraction of sp³-hybridized carbons (Fsp3) is 0.444. The lowest BCUT2D eigenvalue weighted by Crippen LogP contribution is -2.09. The van der Waals surface area contributed by atoms with Gasteiger partial charge in [0.05, 0.1) is 5.69 Å². The van der Waals surface area contributed by atoms with E-state index in [-0.39, 0.29) is 0 Å². The molecule has 4 rings (SSSR count). The quantitative estimate of drug-likeness (QED) is 0.816. The van der Waals surface area contributed by atoms with Gasteiger partial charge >= 0.3 is 0 Å². The van der Waals surface area contributed by atoms with Crippen molar-refractivity contribution in [1.82, 2.24) is 9.97 Å². The Hall–Kier alpha value is -1.81. The molecule has 2 aliphatic rings. The second-order valence-electron chi connectivity index (χ2n) is 6.73. The monoisotopic (exact) mass is 328 g/mol. The SMILES string of the molecule is Cc1cc(Cl)cc(C)c1Nc1cc(C2CC2)nc(NC2CC2)n1. The van der Waals surface area contributed by atoms with Gasteiger partial charge in [-0.1, -0.05) is 11.6 Å². The second kappa shape index (κ2) is 5.68. The lowest BCUT2D eigenvalue weighted by molar-refractivity contribution is 0.968. The molecule has 23 heavy (non-hydrogen) atoms. The third-order valence-electron chi connectivity index (χ3n) is 4.40. The van der Waals surface area contributed by atoms with Crippen LogP contribution < -0.4 is 10.6 Å². The maximum absolute atomic E-state index is 6.13. The molecule has 2 fully saturated rings. The Morgan fingerprint density at radius 1 is 1.00 bits per heavy atom. The predicted octanol–water partition coefficient (Wildman–Crippen LogP) is 4.94. The number of nitrogens with one attached hydrogen (secondary N) is 2. The Kier molecular flexibility index (Phi) is 3.64. The van der Waals surface area contributed by atoms with Gasteiger partial charge in [-0.15, -0.1) is 0 Å². The summed E-state index contributed by atoms with van der Waals surface area (Å²) in [5, 5.41) is 7.66. The molecule has 2 saturated carbocycles. The number of hydrogen-bond donors (Lipinski definition) is 2. The van der Waals surface area contributed by atoms with Gasteiger partial charge in [0.15, 0.2) is 0 Å². The first-order valence-corrected chi connectivity index (χ1v) is 8.65. The molecule has 0 atom stereocenters. The Morgan fingerprint density at radius 2 is 1.70 bits per heavy atom. The molecular formula is C18H21ClN4. The van der Waals surface area contributed by atoms with Gasteiger partial charge in [0.25, 0.3) is 0 Å². The predicted molar refractivity (Wildman–Crippen MR) is 94.9 cm³/mol. The molecule has 0 saturated heterocycles. The molecule has 2 aromatic rings. The maximum atomic E-state index is 6.13. The van der Waals surface area contributed by atoms with Crippen LogP contribution in [0.25, 0.3) is 0 Å². The molecule has 0 aliphatic heterocycles. The van der Waals surface area contributed by atoms with Gasteiger partial charge < -0.3 is 10.6 Å². The van der Waals surface area contributed by atoms with Crippen molar-refractivity contribution in [2.24, 2.45) is 0 Å². The van der Waals surface area contributed by atoms with Crippen molar-refractivity contribution in [3.8, 4) is 0 Å². The van der Waals surface area contributed by atoms with Crippen LogP contribution in [0.1, 0.15) is 48.4 Å². The number of nitrogens with zero attached hydrogens (tertiary/aromatic N) is 2. The van der Waals surface area contributed by atoms with E-state index in [1.54, 1.807) is 0 Å². The second-order valence-corrected chi connectivity index (χ2v) is 7.17.